The van der Waals surface area contributed by atoms with Crippen LogP contribution in [0.3, 0.4) is 0 Å². The van der Waals surface area contributed by atoms with Crippen molar-refractivity contribution in [2.45, 2.75) is 116 Å². The van der Waals surface area contributed by atoms with Gasteiger partial charge < -0.3 is 5.11 Å². The van der Waals surface area contributed by atoms with Gasteiger partial charge in [0.2, 0.25) is 6.33 Å². The average Bonchev–Trinajstić information content (AvgIpc) is 3.08. The highest BCUT2D eigenvalue weighted by Crippen LogP contribution is 2.12. The fourth-order valence-corrected chi connectivity index (χ4v) is 3.42. The monoisotopic (exact) mass is 365 g/mol. The van der Waals surface area contributed by atoms with E-state index in [0.29, 0.717) is 6.54 Å². The summed E-state index contributed by atoms with van der Waals surface area (Å²) in [5, 5.41) is 8.71. The Morgan fingerprint density at radius 2 is 1.35 bits per heavy atom. The number of rotatable bonds is 18. The van der Waals surface area contributed by atoms with Crippen LogP contribution >= 0.6 is 0 Å². The Kier molecular flexibility index (Phi) is 13.9. The Morgan fingerprint density at radius 1 is 0.846 bits per heavy atom. The van der Waals surface area contributed by atoms with Gasteiger partial charge in [0.15, 0.2) is 0 Å². The maximum atomic E-state index is 10.6. The third-order valence-electron chi connectivity index (χ3n) is 5.10. The molecule has 4 nitrogen and oxygen atoms in total. The lowest BCUT2D eigenvalue weighted by atomic mass is 10.0. The zero-order valence-electron chi connectivity index (χ0n) is 17.0. The van der Waals surface area contributed by atoms with Gasteiger partial charge in [-0.2, -0.15) is 0 Å². The minimum atomic E-state index is -0.739. The van der Waals surface area contributed by atoms with Crippen LogP contribution in [0.5, 0.6) is 0 Å². The molecule has 1 rings (SSSR count). The Hall–Kier alpha value is -1.32. The summed E-state index contributed by atoms with van der Waals surface area (Å²) in [6.07, 6.45) is 25.6. The minimum absolute atomic E-state index is 0.188. The molecular formula is C22H41N2O2+. The lowest BCUT2D eigenvalue weighted by Gasteiger charge is -2.03. The Morgan fingerprint density at radius 3 is 1.85 bits per heavy atom. The number of nitrogens with zero attached hydrogens (tertiary/aromatic N) is 2. The largest absolute Gasteiger partial charge is 0.481 e. The average molecular weight is 366 g/mol. The third kappa shape index (κ3) is 13.0. The summed E-state index contributed by atoms with van der Waals surface area (Å²) in [7, 11) is 0. The van der Waals surface area contributed by atoms with E-state index in [0.717, 1.165) is 6.54 Å². The van der Waals surface area contributed by atoms with E-state index >= 15 is 0 Å². The molecule has 0 aliphatic heterocycles. The van der Waals surface area contributed by atoms with E-state index < -0.39 is 5.97 Å². The third-order valence-corrected chi connectivity index (χ3v) is 5.10. The molecule has 0 atom stereocenters. The van der Waals surface area contributed by atoms with Crippen molar-refractivity contribution in [3.05, 3.63) is 18.7 Å². The van der Waals surface area contributed by atoms with Gasteiger partial charge in [0.05, 0.1) is 13.0 Å². The smallest absolute Gasteiger partial charge is 0.307 e. The fraction of sp³-hybridized carbons (Fsp3) is 0.818. The molecule has 1 aromatic heterocycles. The summed E-state index contributed by atoms with van der Waals surface area (Å²) in [5.74, 6) is -0.739. The van der Waals surface area contributed by atoms with Gasteiger partial charge in [-0.05, 0) is 12.8 Å². The number of carbonyl (C=O) groups is 1. The number of hydrogen-bond donors (Lipinski definition) is 1. The van der Waals surface area contributed by atoms with Crippen molar-refractivity contribution < 1.29 is 14.5 Å². The number of hydrogen-bond acceptors (Lipinski definition) is 1. The van der Waals surface area contributed by atoms with Crippen molar-refractivity contribution in [2.75, 3.05) is 0 Å². The van der Waals surface area contributed by atoms with Gasteiger partial charge in [-0.15, -0.1) is 0 Å². The van der Waals surface area contributed by atoms with Crippen LogP contribution < -0.4 is 4.57 Å². The number of unbranched alkanes of at least 4 members (excludes halogenated alkanes) is 13. The highest BCUT2D eigenvalue weighted by atomic mass is 16.4. The first-order chi connectivity index (χ1) is 12.7. The second-order valence-electron chi connectivity index (χ2n) is 7.63. The van der Waals surface area contributed by atoms with Crippen LogP contribution in [0.4, 0.5) is 0 Å². The molecule has 0 aliphatic rings. The van der Waals surface area contributed by atoms with Crippen molar-refractivity contribution in [3.8, 4) is 0 Å². The van der Waals surface area contributed by atoms with Crippen molar-refractivity contribution in [3.63, 3.8) is 0 Å². The Labute approximate surface area is 160 Å². The quantitative estimate of drug-likeness (QED) is 0.267. The molecule has 0 fully saturated rings. The van der Waals surface area contributed by atoms with E-state index in [2.05, 4.69) is 11.5 Å². The van der Waals surface area contributed by atoms with E-state index in [1.165, 1.54) is 89.9 Å². The summed E-state index contributed by atoms with van der Waals surface area (Å²) in [6.45, 7) is 3.87. The summed E-state index contributed by atoms with van der Waals surface area (Å²) < 4.78 is 4.13. The van der Waals surface area contributed by atoms with Crippen LogP contribution in [0.25, 0.3) is 0 Å². The zero-order chi connectivity index (χ0) is 18.9. The molecule has 1 aromatic rings. The van der Waals surface area contributed by atoms with Gasteiger partial charge in [-0.1, -0.05) is 84.0 Å². The molecule has 0 unspecified atom stereocenters. The van der Waals surface area contributed by atoms with Crippen molar-refractivity contribution in [1.29, 1.82) is 0 Å². The molecule has 0 saturated heterocycles. The second-order valence-corrected chi connectivity index (χ2v) is 7.63. The van der Waals surface area contributed by atoms with E-state index in [1.54, 1.807) is 0 Å². The first-order valence-corrected chi connectivity index (χ1v) is 11.0. The van der Waals surface area contributed by atoms with E-state index in [1.807, 2.05) is 23.3 Å². The van der Waals surface area contributed by atoms with Crippen LogP contribution in [0.1, 0.15) is 103 Å². The lowest BCUT2D eigenvalue weighted by molar-refractivity contribution is -0.696. The minimum Gasteiger partial charge on any atom is -0.481 e. The molecule has 0 saturated carbocycles. The van der Waals surface area contributed by atoms with E-state index in [4.69, 9.17) is 5.11 Å². The van der Waals surface area contributed by atoms with Crippen LogP contribution in [0.2, 0.25) is 0 Å². The normalized spacial score (nSPS) is 11.1. The Bertz CT molecular complexity index is 457. The van der Waals surface area contributed by atoms with Gasteiger partial charge in [-0.25, -0.2) is 9.13 Å². The van der Waals surface area contributed by atoms with Crippen molar-refractivity contribution >= 4 is 5.97 Å². The van der Waals surface area contributed by atoms with Gasteiger partial charge >= 0.3 is 5.97 Å². The topological polar surface area (TPSA) is 46.1 Å². The Balaban J connectivity index is 1.84. The SMILES string of the molecule is CCCCCCCCCCCCCCCC[n+]1ccn(CCC(=O)O)c1. The predicted molar refractivity (Wildman–Crippen MR) is 107 cm³/mol. The van der Waals surface area contributed by atoms with Gasteiger partial charge in [0, 0.05) is 0 Å². The summed E-state index contributed by atoms with van der Waals surface area (Å²) in [6, 6.07) is 0. The highest BCUT2D eigenvalue weighted by molar-refractivity contribution is 5.66. The molecule has 0 aliphatic carbocycles. The van der Waals surface area contributed by atoms with Gasteiger partial charge in [0.1, 0.15) is 18.9 Å². The number of carboxylic acid groups (broad SMARTS) is 1. The van der Waals surface area contributed by atoms with Crippen molar-refractivity contribution in [2.24, 2.45) is 0 Å². The van der Waals surface area contributed by atoms with Crippen molar-refractivity contribution in [1.82, 2.24) is 4.57 Å². The molecule has 0 bridgehead atoms. The van der Waals surface area contributed by atoms with Gasteiger partial charge in [0.25, 0.3) is 0 Å². The number of aliphatic carboxylic acids is 1. The number of aromatic nitrogens is 2. The molecule has 0 aromatic carbocycles. The van der Waals surface area contributed by atoms with Crippen LogP contribution in [-0.2, 0) is 17.9 Å². The fourth-order valence-electron chi connectivity index (χ4n) is 3.42. The standard InChI is InChI=1S/C22H40N2O2/c1-2-3-4-5-6-7-8-9-10-11-12-13-14-15-17-23-19-20-24(21-23)18-16-22(25)26/h19-21H,2-18H2,1H3/p+1. The zero-order valence-corrected chi connectivity index (χ0v) is 17.0. The predicted octanol–water partition coefficient (Wildman–Crippen LogP) is 5.73. The molecular weight excluding hydrogens is 324 g/mol. The van der Waals surface area contributed by atoms with Gasteiger partial charge in [-0.3, -0.25) is 4.79 Å². The molecule has 150 valence electrons. The van der Waals surface area contributed by atoms with Crippen LogP contribution in [-0.4, -0.2) is 15.6 Å². The maximum absolute atomic E-state index is 10.6. The first kappa shape index (κ1) is 22.7. The van der Waals surface area contributed by atoms with E-state index in [-0.39, 0.29) is 6.42 Å². The second kappa shape index (κ2) is 15.9. The molecule has 1 heterocycles. The number of aryl methyl sites for hydroxylation is 2. The summed E-state index contributed by atoms with van der Waals surface area (Å²) >= 11 is 0. The number of imidazole rings is 1. The summed E-state index contributed by atoms with van der Waals surface area (Å²) in [5.41, 5.74) is 0. The molecule has 26 heavy (non-hydrogen) atoms. The molecule has 1 N–H and O–H groups in total. The first-order valence-electron chi connectivity index (χ1n) is 11.0. The lowest BCUT2D eigenvalue weighted by Crippen LogP contribution is -2.30. The van der Waals surface area contributed by atoms with Crippen LogP contribution in [0, 0.1) is 0 Å². The highest BCUT2D eigenvalue weighted by Gasteiger charge is 2.05. The molecule has 0 amide bonds. The van der Waals surface area contributed by atoms with Crippen LogP contribution in [0.15, 0.2) is 18.7 Å². The molecule has 0 spiro atoms. The maximum Gasteiger partial charge on any atom is 0.307 e. The number of carboxylic acids is 1. The van der Waals surface area contributed by atoms with E-state index in [9.17, 15) is 4.79 Å². The molecule has 4 heteroatoms. The molecule has 0 radical (unpaired) electrons. The summed E-state index contributed by atoms with van der Waals surface area (Å²) in [4.78, 5) is 10.6.